The van der Waals surface area contributed by atoms with Gasteiger partial charge in [0.15, 0.2) is 5.43 Å². The molecule has 0 spiro atoms. The summed E-state index contributed by atoms with van der Waals surface area (Å²) >= 11 is 0. The average molecular weight is 441 g/mol. The fourth-order valence-electron chi connectivity index (χ4n) is 4.25. The van der Waals surface area contributed by atoms with E-state index in [1.165, 1.54) is 23.1 Å². The SMILES string of the molecule is Cc1cccc(N2C(=O)c3oc4cc(C)c(C)cc4c(=O)c3[C@@H]2c2cccc([N+](=O)[O-])c2)n1. The standard InChI is InChI=1S/C25H19N3O5/c1-13-10-18-19(11-14(13)2)33-24-21(23(18)29)22(16-7-5-8-17(12-16)28(31)32)27(25(24)30)20-9-4-6-15(3)26-20/h4-12,22H,1-3H3/t22-/m0/s1. The monoisotopic (exact) mass is 441 g/mol. The van der Waals surface area contributed by atoms with Crippen molar-refractivity contribution in [2.45, 2.75) is 26.8 Å². The van der Waals surface area contributed by atoms with Gasteiger partial charge in [0.2, 0.25) is 5.76 Å². The predicted octanol–water partition coefficient (Wildman–Crippen LogP) is 4.77. The quantitative estimate of drug-likeness (QED) is 0.335. The van der Waals surface area contributed by atoms with Crippen LogP contribution in [0.1, 0.15) is 44.5 Å². The second kappa shape index (κ2) is 7.37. The van der Waals surface area contributed by atoms with Gasteiger partial charge >= 0.3 is 0 Å². The molecule has 0 radical (unpaired) electrons. The molecule has 0 N–H and O–H groups in total. The Morgan fingerprint density at radius 3 is 2.45 bits per heavy atom. The predicted molar refractivity (Wildman–Crippen MR) is 123 cm³/mol. The van der Waals surface area contributed by atoms with Crippen molar-refractivity contribution in [1.29, 1.82) is 0 Å². The lowest BCUT2D eigenvalue weighted by Crippen LogP contribution is -2.30. The fraction of sp³-hybridized carbons (Fsp3) is 0.160. The molecule has 8 nitrogen and oxygen atoms in total. The van der Waals surface area contributed by atoms with Gasteiger partial charge < -0.3 is 4.42 Å². The normalized spacial score (nSPS) is 15.2. The molecule has 1 amide bonds. The third kappa shape index (κ3) is 3.18. The van der Waals surface area contributed by atoms with Crippen LogP contribution in [0.25, 0.3) is 11.0 Å². The summed E-state index contributed by atoms with van der Waals surface area (Å²) in [4.78, 5) is 44.0. The number of carbonyl (C=O) groups is 1. The Morgan fingerprint density at radius 1 is 1.00 bits per heavy atom. The molecule has 2 aromatic carbocycles. The minimum Gasteiger partial charge on any atom is -0.450 e. The van der Waals surface area contributed by atoms with E-state index in [1.54, 1.807) is 43.3 Å². The zero-order valence-electron chi connectivity index (χ0n) is 18.2. The maximum atomic E-state index is 13.7. The zero-order chi connectivity index (χ0) is 23.4. The summed E-state index contributed by atoms with van der Waals surface area (Å²) in [6.07, 6.45) is 0. The van der Waals surface area contributed by atoms with Crippen molar-refractivity contribution in [1.82, 2.24) is 4.98 Å². The topological polar surface area (TPSA) is 107 Å². The molecule has 2 aromatic heterocycles. The Balaban J connectivity index is 1.84. The van der Waals surface area contributed by atoms with Gasteiger partial charge in [-0.3, -0.25) is 24.6 Å². The first-order valence-electron chi connectivity index (χ1n) is 10.4. The maximum Gasteiger partial charge on any atom is 0.296 e. The number of fused-ring (bicyclic) bond motifs is 2. The van der Waals surface area contributed by atoms with Gasteiger partial charge in [0.25, 0.3) is 11.6 Å². The first-order valence-corrected chi connectivity index (χ1v) is 10.4. The average Bonchev–Trinajstić information content (AvgIpc) is 3.08. The Morgan fingerprint density at radius 2 is 1.73 bits per heavy atom. The van der Waals surface area contributed by atoms with Crippen molar-refractivity contribution < 1.29 is 14.1 Å². The highest BCUT2D eigenvalue weighted by atomic mass is 16.6. The van der Waals surface area contributed by atoms with Crippen molar-refractivity contribution in [2.75, 3.05) is 4.90 Å². The van der Waals surface area contributed by atoms with E-state index in [9.17, 15) is 19.7 Å². The molecule has 33 heavy (non-hydrogen) atoms. The molecule has 1 aliphatic rings. The van der Waals surface area contributed by atoms with Crippen molar-refractivity contribution >= 4 is 28.4 Å². The van der Waals surface area contributed by atoms with E-state index in [0.29, 0.717) is 28.0 Å². The molecule has 164 valence electrons. The summed E-state index contributed by atoms with van der Waals surface area (Å²) in [6.45, 7) is 5.59. The lowest BCUT2D eigenvalue weighted by Gasteiger charge is -2.24. The number of nitro benzene ring substituents is 1. The van der Waals surface area contributed by atoms with E-state index >= 15 is 0 Å². The van der Waals surface area contributed by atoms with Crippen LogP contribution < -0.4 is 10.3 Å². The van der Waals surface area contributed by atoms with Crippen LogP contribution in [0.15, 0.2) is 63.8 Å². The first kappa shape index (κ1) is 20.6. The summed E-state index contributed by atoms with van der Waals surface area (Å²) in [7, 11) is 0. The van der Waals surface area contributed by atoms with Gasteiger partial charge in [-0.25, -0.2) is 4.98 Å². The number of pyridine rings is 1. The molecule has 0 aliphatic carbocycles. The van der Waals surface area contributed by atoms with Crippen LogP contribution in [0.3, 0.4) is 0 Å². The van der Waals surface area contributed by atoms with Gasteiger partial charge in [-0.15, -0.1) is 0 Å². The Kier molecular flexibility index (Phi) is 4.59. The molecule has 0 unspecified atom stereocenters. The van der Waals surface area contributed by atoms with Gasteiger partial charge in [-0.05, 0) is 61.7 Å². The van der Waals surface area contributed by atoms with Crippen LogP contribution in [0, 0.1) is 30.9 Å². The molecule has 1 aliphatic heterocycles. The minimum atomic E-state index is -0.913. The highest BCUT2D eigenvalue weighted by molar-refractivity contribution is 6.10. The molecule has 0 bridgehead atoms. The number of aromatic nitrogens is 1. The number of nitro groups is 1. The van der Waals surface area contributed by atoms with Gasteiger partial charge in [0, 0.05) is 17.8 Å². The zero-order valence-corrected chi connectivity index (χ0v) is 18.2. The highest BCUT2D eigenvalue weighted by Gasteiger charge is 2.44. The largest absolute Gasteiger partial charge is 0.450 e. The van der Waals surface area contributed by atoms with Crippen molar-refractivity contribution in [3.05, 3.63) is 109 Å². The molecular formula is C25H19N3O5. The number of aryl methyl sites for hydroxylation is 3. The first-order chi connectivity index (χ1) is 15.8. The highest BCUT2D eigenvalue weighted by Crippen LogP contribution is 2.41. The molecule has 0 saturated heterocycles. The Hall–Kier alpha value is -4.33. The number of hydrogen-bond acceptors (Lipinski definition) is 6. The van der Waals surface area contributed by atoms with E-state index in [2.05, 4.69) is 4.98 Å². The Labute approximate surface area is 188 Å². The van der Waals surface area contributed by atoms with Crippen molar-refractivity contribution in [3.63, 3.8) is 0 Å². The third-order valence-electron chi connectivity index (χ3n) is 6.00. The minimum absolute atomic E-state index is 0.0736. The van der Waals surface area contributed by atoms with Gasteiger partial charge in [-0.1, -0.05) is 18.2 Å². The summed E-state index contributed by atoms with van der Waals surface area (Å²) in [5, 5.41) is 11.8. The van der Waals surface area contributed by atoms with E-state index in [-0.39, 0.29) is 22.4 Å². The molecule has 1 atom stereocenters. The molecule has 0 fully saturated rings. The molecule has 8 heteroatoms. The Bertz CT molecular complexity index is 1540. The van der Waals surface area contributed by atoms with Crippen LogP contribution in [0.4, 0.5) is 11.5 Å². The van der Waals surface area contributed by atoms with Crippen LogP contribution in [0.5, 0.6) is 0 Å². The van der Waals surface area contributed by atoms with Crippen LogP contribution in [-0.2, 0) is 0 Å². The van der Waals surface area contributed by atoms with Crippen LogP contribution in [-0.4, -0.2) is 15.8 Å². The maximum absolute atomic E-state index is 13.7. The van der Waals surface area contributed by atoms with Gasteiger partial charge in [-0.2, -0.15) is 0 Å². The van der Waals surface area contributed by atoms with E-state index in [0.717, 1.165) is 11.1 Å². The number of benzene rings is 2. The van der Waals surface area contributed by atoms with E-state index in [4.69, 9.17) is 4.42 Å². The van der Waals surface area contributed by atoms with Gasteiger partial charge in [0.1, 0.15) is 11.4 Å². The molecule has 4 aromatic rings. The van der Waals surface area contributed by atoms with Crippen LogP contribution >= 0.6 is 0 Å². The molecule has 5 rings (SSSR count). The van der Waals surface area contributed by atoms with Crippen LogP contribution in [0.2, 0.25) is 0 Å². The third-order valence-corrected chi connectivity index (χ3v) is 6.00. The second-order valence-electron chi connectivity index (χ2n) is 8.17. The number of non-ortho nitro benzene ring substituents is 1. The number of amides is 1. The summed E-state index contributed by atoms with van der Waals surface area (Å²) < 4.78 is 5.99. The van der Waals surface area contributed by atoms with Gasteiger partial charge in [0.05, 0.1) is 21.9 Å². The summed E-state index contributed by atoms with van der Waals surface area (Å²) in [5.74, 6) is -0.258. The molecule has 0 saturated carbocycles. The summed E-state index contributed by atoms with van der Waals surface area (Å²) in [5.41, 5.74) is 2.97. The van der Waals surface area contributed by atoms with Crippen molar-refractivity contribution in [2.24, 2.45) is 0 Å². The van der Waals surface area contributed by atoms with E-state index in [1.807, 2.05) is 13.8 Å². The van der Waals surface area contributed by atoms with E-state index < -0.39 is 16.9 Å². The summed E-state index contributed by atoms with van der Waals surface area (Å²) in [6, 6.07) is 13.7. The number of carbonyl (C=O) groups excluding carboxylic acids is 1. The lowest BCUT2D eigenvalue weighted by atomic mass is 9.97. The number of anilines is 1. The van der Waals surface area contributed by atoms with Crippen molar-refractivity contribution in [3.8, 4) is 0 Å². The fourth-order valence-corrected chi connectivity index (χ4v) is 4.25. The number of hydrogen-bond donors (Lipinski definition) is 0. The number of nitrogens with zero attached hydrogens (tertiary/aromatic N) is 3. The second-order valence-corrected chi connectivity index (χ2v) is 8.17. The smallest absolute Gasteiger partial charge is 0.296 e. The molecule has 3 heterocycles. The molecular weight excluding hydrogens is 422 g/mol. The number of rotatable bonds is 3. The lowest BCUT2D eigenvalue weighted by molar-refractivity contribution is -0.384.